The lowest BCUT2D eigenvalue weighted by Crippen LogP contribution is -2.29. The summed E-state index contributed by atoms with van der Waals surface area (Å²) in [6, 6.07) is 1.47. The van der Waals surface area contributed by atoms with E-state index in [4.69, 9.17) is 27.9 Å². The van der Waals surface area contributed by atoms with Crippen LogP contribution in [0.15, 0.2) is 12.3 Å². The normalized spacial score (nSPS) is 19.2. The molecule has 2 heterocycles. The number of hydrogen-bond donors (Lipinski definition) is 1. The number of ether oxygens (including phenoxy) is 1. The van der Waals surface area contributed by atoms with Crippen LogP contribution >= 0.6 is 23.2 Å². The Morgan fingerprint density at radius 2 is 2.32 bits per heavy atom. The topological polar surface area (TPSA) is 51.2 Å². The summed E-state index contributed by atoms with van der Waals surface area (Å²) < 4.78 is 5.60. The highest BCUT2D eigenvalue weighted by molar-refractivity contribution is 6.35. The highest BCUT2D eigenvalue weighted by Crippen LogP contribution is 2.18. The molecule has 1 aliphatic heterocycles. The van der Waals surface area contributed by atoms with Gasteiger partial charge in [-0.2, -0.15) is 0 Å². The maximum Gasteiger partial charge on any atom is 0.252 e. The first-order valence-corrected chi connectivity index (χ1v) is 7.13. The van der Waals surface area contributed by atoms with Gasteiger partial charge < -0.3 is 10.1 Å². The molecular formula is C13H16Cl2N2O2. The predicted octanol–water partition coefficient (Wildman–Crippen LogP) is 3.08. The third kappa shape index (κ3) is 4.34. The molecule has 0 bridgehead atoms. The van der Waals surface area contributed by atoms with E-state index < -0.39 is 0 Å². The smallest absolute Gasteiger partial charge is 0.252 e. The van der Waals surface area contributed by atoms with E-state index in [0.29, 0.717) is 17.1 Å². The van der Waals surface area contributed by atoms with Crippen molar-refractivity contribution in [1.82, 2.24) is 10.3 Å². The number of nitrogens with zero attached hydrogens (tertiary/aromatic N) is 1. The number of amides is 1. The van der Waals surface area contributed by atoms with E-state index in [1.54, 1.807) is 0 Å². The standard InChI is InChI=1S/C13H16Cl2N2O2/c14-11-8-17-12(15)7-10(11)13(18)16-5-4-9-3-1-2-6-19-9/h7-9H,1-6H2,(H,16,18). The van der Waals surface area contributed by atoms with Crippen LogP contribution in [0.5, 0.6) is 0 Å². The van der Waals surface area contributed by atoms with Crippen LogP contribution in [0.25, 0.3) is 0 Å². The fourth-order valence-corrected chi connectivity index (χ4v) is 2.41. The van der Waals surface area contributed by atoms with Gasteiger partial charge in [-0.25, -0.2) is 4.98 Å². The molecule has 1 aromatic heterocycles. The van der Waals surface area contributed by atoms with E-state index in [0.717, 1.165) is 25.9 Å². The summed E-state index contributed by atoms with van der Waals surface area (Å²) in [4.78, 5) is 15.7. The minimum Gasteiger partial charge on any atom is -0.378 e. The quantitative estimate of drug-likeness (QED) is 0.870. The lowest BCUT2D eigenvalue weighted by atomic mass is 10.1. The maximum absolute atomic E-state index is 11.9. The second-order valence-corrected chi connectivity index (χ2v) is 5.31. The van der Waals surface area contributed by atoms with E-state index in [-0.39, 0.29) is 17.2 Å². The molecule has 104 valence electrons. The van der Waals surface area contributed by atoms with Gasteiger partial charge in [0.25, 0.3) is 5.91 Å². The molecule has 19 heavy (non-hydrogen) atoms. The van der Waals surface area contributed by atoms with E-state index in [1.165, 1.54) is 18.7 Å². The number of nitrogens with one attached hydrogen (secondary N) is 1. The maximum atomic E-state index is 11.9. The predicted molar refractivity (Wildman–Crippen MR) is 74.8 cm³/mol. The van der Waals surface area contributed by atoms with E-state index in [2.05, 4.69) is 10.3 Å². The number of halogens is 2. The Bertz CT molecular complexity index is 448. The van der Waals surface area contributed by atoms with Crippen LogP contribution in [0.2, 0.25) is 10.2 Å². The van der Waals surface area contributed by atoms with Crippen LogP contribution < -0.4 is 5.32 Å². The largest absolute Gasteiger partial charge is 0.378 e. The first-order valence-electron chi connectivity index (χ1n) is 6.37. The third-order valence-corrected chi connectivity index (χ3v) is 3.60. The Kier molecular flexibility index (Phi) is 5.43. The van der Waals surface area contributed by atoms with E-state index in [9.17, 15) is 4.79 Å². The van der Waals surface area contributed by atoms with Crippen molar-refractivity contribution in [3.63, 3.8) is 0 Å². The second-order valence-electron chi connectivity index (χ2n) is 4.52. The molecule has 1 aliphatic rings. The average Bonchev–Trinajstić information content (AvgIpc) is 2.42. The summed E-state index contributed by atoms with van der Waals surface area (Å²) in [5.74, 6) is -0.231. The average molecular weight is 303 g/mol. The summed E-state index contributed by atoms with van der Waals surface area (Å²) >= 11 is 11.7. The molecule has 1 atom stereocenters. The van der Waals surface area contributed by atoms with Gasteiger partial charge in [0.15, 0.2) is 0 Å². The number of pyridine rings is 1. The first-order chi connectivity index (χ1) is 9.16. The Hall–Kier alpha value is -0.840. The lowest BCUT2D eigenvalue weighted by Gasteiger charge is -2.22. The van der Waals surface area contributed by atoms with E-state index in [1.807, 2.05) is 0 Å². The number of carbonyl (C=O) groups excluding carboxylic acids is 1. The Morgan fingerprint density at radius 1 is 1.47 bits per heavy atom. The Balaban J connectivity index is 1.82. The Labute approximate surface area is 122 Å². The molecule has 1 N–H and O–H groups in total. The summed E-state index contributed by atoms with van der Waals surface area (Å²) in [5, 5.41) is 3.38. The summed E-state index contributed by atoms with van der Waals surface area (Å²) in [6.07, 6.45) is 5.85. The Morgan fingerprint density at radius 3 is 3.05 bits per heavy atom. The van der Waals surface area contributed by atoms with Gasteiger partial charge in [-0.1, -0.05) is 23.2 Å². The molecule has 1 saturated heterocycles. The van der Waals surface area contributed by atoms with Crippen LogP contribution in [-0.4, -0.2) is 30.1 Å². The minimum atomic E-state index is -0.231. The zero-order chi connectivity index (χ0) is 13.7. The third-order valence-electron chi connectivity index (χ3n) is 3.09. The number of aromatic nitrogens is 1. The van der Waals surface area contributed by atoms with Crippen molar-refractivity contribution in [1.29, 1.82) is 0 Å². The summed E-state index contributed by atoms with van der Waals surface area (Å²) in [6.45, 7) is 1.39. The molecule has 0 saturated carbocycles. The van der Waals surface area contributed by atoms with Crippen molar-refractivity contribution in [2.75, 3.05) is 13.2 Å². The molecular weight excluding hydrogens is 287 g/mol. The summed E-state index contributed by atoms with van der Waals surface area (Å²) in [5.41, 5.74) is 0.353. The first kappa shape index (κ1) is 14.6. The zero-order valence-electron chi connectivity index (χ0n) is 10.5. The van der Waals surface area contributed by atoms with Crippen molar-refractivity contribution in [3.8, 4) is 0 Å². The van der Waals surface area contributed by atoms with Crippen LogP contribution in [0.1, 0.15) is 36.0 Å². The van der Waals surface area contributed by atoms with Crippen molar-refractivity contribution >= 4 is 29.1 Å². The lowest BCUT2D eigenvalue weighted by molar-refractivity contribution is 0.0117. The summed E-state index contributed by atoms with van der Waals surface area (Å²) in [7, 11) is 0. The van der Waals surface area contributed by atoms with Gasteiger partial charge in [-0.3, -0.25) is 4.79 Å². The number of hydrogen-bond acceptors (Lipinski definition) is 3. The minimum absolute atomic E-state index is 0.231. The highest BCUT2D eigenvalue weighted by atomic mass is 35.5. The molecule has 4 nitrogen and oxygen atoms in total. The fraction of sp³-hybridized carbons (Fsp3) is 0.538. The molecule has 1 amide bonds. The number of carbonyl (C=O) groups is 1. The van der Waals surface area contributed by atoms with Crippen molar-refractivity contribution < 1.29 is 9.53 Å². The molecule has 6 heteroatoms. The van der Waals surface area contributed by atoms with Crippen molar-refractivity contribution in [3.05, 3.63) is 28.0 Å². The molecule has 0 aliphatic carbocycles. The highest BCUT2D eigenvalue weighted by Gasteiger charge is 2.15. The molecule has 1 fully saturated rings. The molecule has 1 unspecified atom stereocenters. The SMILES string of the molecule is O=C(NCCC1CCCCO1)c1cc(Cl)ncc1Cl. The van der Waals surface area contributed by atoms with Gasteiger partial charge in [0.05, 0.1) is 16.7 Å². The van der Waals surface area contributed by atoms with Gasteiger partial charge >= 0.3 is 0 Å². The van der Waals surface area contributed by atoms with Crippen molar-refractivity contribution in [2.24, 2.45) is 0 Å². The van der Waals surface area contributed by atoms with Crippen molar-refractivity contribution in [2.45, 2.75) is 31.8 Å². The number of rotatable bonds is 4. The molecule has 0 radical (unpaired) electrons. The second kappa shape index (κ2) is 7.08. The van der Waals surface area contributed by atoms with E-state index >= 15 is 0 Å². The molecule has 2 rings (SSSR count). The van der Waals surface area contributed by atoms with Crippen LogP contribution in [0.4, 0.5) is 0 Å². The van der Waals surface area contributed by atoms with Gasteiger partial charge in [0.2, 0.25) is 0 Å². The molecule has 0 spiro atoms. The van der Waals surface area contributed by atoms with Crippen LogP contribution in [-0.2, 0) is 4.74 Å². The van der Waals surface area contributed by atoms with Gasteiger partial charge in [-0.05, 0) is 31.7 Å². The molecule has 1 aromatic rings. The monoisotopic (exact) mass is 302 g/mol. The van der Waals surface area contributed by atoms with Gasteiger partial charge in [-0.15, -0.1) is 0 Å². The molecule has 0 aromatic carbocycles. The van der Waals surface area contributed by atoms with Gasteiger partial charge in [0, 0.05) is 19.3 Å². The van der Waals surface area contributed by atoms with Gasteiger partial charge in [0.1, 0.15) is 5.15 Å². The van der Waals surface area contributed by atoms with Crippen LogP contribution in [0, 0.1) is 0 Å². The van der Waals surface area contributed by atoms with Crippen LogP contribution in [0.3, 0.4) is 0 Å². The fourth-order valence-electron chi connectivity index (χ4n) is 2.06. The zero-order valence-corrected chi connectivity index (χ0v) is 12.0.